The molecule has 0 radical (unpaired) electrons. The van der Waals surface area contributed by atoms with Crippen LogP contribution in [0.2, 0.25) is 0 Å². The van der Waals surface area contributed by atoms with Crippen LogP contribution >= 0.6 is 0 Å². The van der Waals surface area contributed by atoms with Crippen molar-refractivity contribution in [2.45, 2.75) is 4.11 Å². The van der Waals surface area contributed by atoms with E-state index in [2.05, 4.69) is 10.9 Å². The van der Waals surface area contributed by atoms with E-state index in [1.807, 2.05) is 24.3 Å². The Balaban J connectivity index is 2.32. The van der Waals surface area contributed by atoms with Crippen LogP contribution < -0.4 is 21.2 Å². The summed E-state index contributed by atoms with van der Waals surface area (Å²) in [6.45, 7) is 0. The van der Waals surface area contributed by atoms with Gasteiger partial charge in [0.2, 0.25) is 0 Å². The third-order valence-electron chi connectivity index (χ3n) is 1.60. The molecule has 2 aromatic rings. The second kappa shape index (κ2) is 3.98. The van der Waals surface area contributed by atoms with Gasteiger partial charge >= 0.3 is 91.4 Å². The van der Waals surface area contributed by atoms with E-state index in [1.54, 1.807) is 0 Å². The molecule has 0 fully saturated rings. The van der Waals surface area contributed by atoms with E-state index in [0.717, 1.165) is 11.1 Å². The standard InChI is InChI=1S/C10H7INO2/c1-2-9(13)11-10-12-7-5-3-4-6-8(7)14-10/h1,3-6,9,13H/q-1. The van der Waals surface area contributed by atoms with Crippen molar-refractivity contribution < 1.29 is 30.7 Å². The van der Waals surface area contributed by atoms with E-state index in [-0.39, 0.29) is 0 Å². The summed E-state index contributed by atoms with van der Waals surface area (Å²) >= 11 is -0.743. The van der Waals surface area contributed by atoms with Gasteiger partial charge in [-0.05, 0) is 0 Å². The zero-order valence-electron chi connectivity index (χ0n) is 7.14. The maximum absolute atomic E-state index is 9.25. The molecule has 0 spiro atoms. The van der Waals surface area contributed by atoms with Crippen LogP contribution in [0.15, 0.2) is 28.7 Å². The Bertz CT molecular complexity index is 453. The van der Waals surface area contributed by atoms with Crippen molar-refractivity contribution in [3.63, 3.8) is 0 Å². The number of para-hydroxylation sites is 2. The monoisotopic (exact) mass is 300 g/mol. The van der Waals surface area contributed by atoms with E-state index in [0.29, 0.717) is 3.90 Å². The van der Waals surface area contributed by atoms with Crippen LogP contribution in [-0.4, -0.2) is 14.2 Å². The molecule has 14 heavy (non-hydrogen) atoms. The summed E-state index contributed by atoms with van der Waals surface area (Å²) in [5.41, 5.74) is 1.55. The molecule has 3 nitrogen and oxygen atoms in total. The maximum atomic E-state index is 9.25. The number of rotatable bonds is 2. The summed E-state index contributed by atoms with van der Waals surface area (Å²) in [5.74, 6) is 2.26. The Kier molecular flexibility index (Phi) is 2.70. The van der Waals surface area contributed by atoms with Gasteiger partial charge in [0.1, 0.15) is 0 Å². The normalized spacial score (nSPS) is 12.9. The van der Waals surface area contributed by atoms with Crippen molar-refractivity contribution in [1.29, 1.82) is 0 Å². The summed E-state index contributed by atoms with van der Waals surface area (Å²) in [4.78, 5) is 4.23. The summed E-state index contributed by atoms with van der Waals surface area (Å²) in [5, 5.41) is 9.25. The first-order valence-corrected chi connectivity index (χ1v) is 6.25. The molecule has 0 aliphatic heterocycles. The molecule has 72 valence electrons. The third kappa shape index (κ3) is 1.89. The van der Waals surface area contributed by atoms with Crippen molar-refractivity contribution in [3.8, 4) is 12.3 Å². The molecule has 0 saturated heterocycles. The average Bonchev–Trinajstić information content (AvgIpc) is 2.59. The number of hydrogen-bond acceptors (Lipinski definition) is 3. The number of halogens is 1. The number of aromatic nitrogens is 1. The van der Waals surface area contributed by atoms with Gasteiger partial charge in [0.05, 0.1) is 0 Å². The Labute approximate surface area is 91.4 Å². The number of hydrogen-bond donors (Lipinski definition) is 1. The topological polar surface area (TPSA) is 46.3 Å². The minimum atomic E-state index is -0.743. The quantitative estimate of drug-likeness (QED) is 0.398. The Morgan fingerprint density at radius 3 is 3.00 bits per heavy atom. The van der Waals surface area contributed by atoms with Crippen molar-refractivity contribution in [2.75, 3.05) is 0 Å². The molecule has 1 N–H and O–H groups in total. The van der Waals surface area contributed by atoms with E-state index in [1.165, 1.54) is 0 Å². The predicted octanol–water partition coefficient (Wildman–Crippen LogP) is -1.96. The van der Waals surface area contributed by atoms with Crippen molar-refractivity contribution in [1.82, 2.24) is 4.98 Å². The van der Waals surface area contributed by atoms with Gasteiger partial charge in [0, 0.05) is 0 Å². The molecule has 1 atom stereocenters. The van der Waals surface area contributed by atoms with Crippen LogP contribution in [0.25, 0.3) is 11.1 Å². The van der Waals surface area contributed by atoms with Gasteiger partial charge < -0.3 is 0 Å². The molecule has 1 aromatic carbocycles. The molecule has 0 amide bonds. The summed E-state index contributed by atoms with van der Waals surface area (Å²) in [7, 11) is 0. The van der Waals surface area contributed by atoms with E-state index in [9.17, 15) is 5.11 Å². The van der Waals surface area contributed by atoms with Gasteiger partial charge in [0.15, 0.2) is 0 Å². The summed E-state index contributed by atoms with van der Waals surface area (Å²) < 4.78 is 5.28. The van der Waals surface area contributed by atoms with Crippen LogP contribution in [0.5, 0.6) is 0 Å². The van der Waals surface area contributed by atoms with Crippen molar-refractivity contribution >= 4 is 11.1 Å². The second-order valence-electron chi connectivity index (χ2n) is 2.55. The van der Waals surface area contributed by atoms with Crippen LogP contribution in [0.1, 0.15) is 0 Å². The van der Waals surface area contributed by atoms with Crippen LogP contribution in [0.3, 0.4) is 0 Å². The molecule has 1 unspecified atom stereocenters. The summed E-state index contributed by atoms with van der Waals surface area (Å²) in [6, 6.07) is 7.49. The SMILES string of the molecule is C#CC(O)[I-]c1nc2ccccc2o1. The fraction of sp³-hybridized carbons (Fsp3) is 0.100. The number of aliphatic hydroxyl groups is 1. The third-order valence-corrected chi connectivity index (χ3v) is 3.55. The molecule has 1 heterocycles. The van der Waals surface area contributed by atoms with Crippen LogP contribution in [0.4, 0.5) is 0 Å². The first kappa shape index (κ1) is 9.49. The number of nitrogens with zero attached hydrogens (tertiary/aromatic N) is 1. The zero-order chi connectivity index (χ0) is 9.97. The average molecular weight is 300 g/mol. The number of oxazole rings is 1. The number of fused-ring (bicyclic) bond motifs is 1. The first-order chi connectivity index (χ1) is 6.79. The number of aliphatic hydroxyl groups excluding tert-OH is 1. The molecular formula is C10H7INO2-. The van der Waals surface area contributed by atoms with Gasteiger partial charge in [-0.15, -0.1) is 0 Å². The number of alkyl halides is 1. The van der Waals surface area contributed by atoms with Gasteiger partial charge in [-0.25, -0.2) is 0 Å². The minimum absolute atomic E-state index is 0.579. The molecule has 0 bridgehead atoms. The van der Waals surface area contributed by atoms with Gasteiger partial charge in [0.25, 0.3) is 0 Å². The predicted molar refractivity (Wildman–Crippen MR) is 47.5 cm³/mol. The van der Waals surface area contributed by atoms with Crippen molar-refractivity contribution in [2.24, 2.45) is 0 Å². The van der Waals surface area contributed by atoms with Crippen LogP contribution in [0, 0.1) is 16.2 Å². The molecule has 2 rings (SSSR count). The Hall–Kier alpha value is -1.06. The molecule has 0 saturated carbocycles. The first-order valence-electron chi connectivity index (χ1n) is 3.93. The Morgan fingerprint density at radius 1 is 1.50 bits per heavy atom. The molecular weight excluding hydrogens is 293 g/mol. The zero-order valence-corrected chi connectivity index (χ0v) is 9.30. The van der Waals surface area contributed by atoms with Gasteiger partial charge in [-0.1, -0.05) is 0 Å². The van der Waals surface area contributed by atoms with E-state index < -0.39 is 25.3 Å². The number of benzene rings is 1. The van der Waals surface area contributed by atoms with Crippen molar-refractivity contribution in [3.05, 3.63) is 28.2 Å². The molecule has 1 aromatic heterocycles. The summed E-state index contributed by atoms with van der Waals surface area (Å²) in [6.07, 6.45) is 5.07. The second-order valence-corrected chi connectivity index (χ2v) is 5.27. The number of terminal acetylenes is 1. The molecule has 4 heteroatoms. The molecule has 0 aliphatic carbocycles. The Morgan fingerprint density at radius 2 is 2.29 bits per heavy atom. The van der Waals surface area contributed by atoms with Gasteiger partial charge in [-0.2, -0.15) is 0 Å². The van der Waals surface area contributed by atoms with Crippen LogP contribution in [-0.2, 0) is 0 Å². The van der Waals surface area contributed by atoms with Gasteiger partial charge in [-0.3, -0.25) is 0 Å². The molecule has 0 aliphatic rings. The fourth-order valence-corrected chi connectivity index (χ4v) is 2.46. The fourth-order valence-electron chi connectivity index (χ4n) is 1.01. The van der Waals surface area contributed by atoms with E-state index in [4.69, 9.17) is 10.8 Å². The van der Waals surface area contributed by atoms with E-state index >= 15 is 0 Å².